The lowest BCUT2D eigenvalue weighted by Gasteiger charge is -1.86. The molecule has 0 atom stereocenters. The van der Waals surface area contributed by atoms with Crippen LogP contribution in [0.25, 0.3) is 5.52 Å². The second-order valence-electron chi connectivity index (χ2n) is 1.82. The Hall–Kier alpha value is -1.31. The monoisotopic (exact) mass is 117 g/mol. The van der Waals surface area contributed by atoms with Gasteiger partial charge in [-0.05, 0) is 24.3 Å². The minimum absolute atomic E-state index is 1.08. The molecule has 0 amide bonds. The van der Waals surface area contributed by atoms with Crippen LogP contribution in [0.5, 0.6) is 0 Å². The minimum Gasteiger partial charge on any atom is -0.232 e. The van der Waals surface area contributed by atoms with Crippen molar-refractivity contribution in [3.05, 3.63) is 36.7 Å². The van der Waals surface area contributed by atoms with Crippen LogP contribution in [0, 0.1) is 6.20 Å². The molecule has 0 bridgehead atoms. The lowest BCUT2D eigenvalue weighted by Crippen LogP contribution is -1.84. The van der Waals surface area contributed by atoms with Crippen LogP contribution < -0.4 is 0 Å². The normalized spacial score (nSPS) is 10.2. The van der Waals surface area contributed by atoms with Crippen molar-refractivity contribution >= 4 is 5.52 Å². The summed E-state index contributed by atoms with van der Waals surface area (Å²) in [5.74, 6) is 0. The van der Waals surface area contributed by atoms with E-state index in [9.17, 15) is 0 Å². The van der Waals surface area contributed by atoms with Crippen LogP contribution in [-0.2, 0) is 0 Å². The van der Waals surface area contributed by atoms with Crippen molar-refractivity contribution < 1.29 is 0 Å². The second-order valence-corrected chi connectivity index (χ2v) is 1.82. The molecule has 0 fully saturated rings. The lowest BCUT2D eigenvalue weighted by atomic mass is 10.5. The van der Waals surface area contributed by atoms with Crippen molar-refractivity contribution in [1.82, 2.24) is 9.61 Å². The highest BCUT2D eigenvalue weighted by Gasteiger charge is 1.86. The van der Waals surface area contributed by atoms with Crippen molar-refractivity contribution in [1.29, 1.82) is 0 Å². The summed E-state index contributed by atoms with van der Waals surface area (Å²) in [6.45, 7) is 0. The maximum absolute atomic E-state index is 4.00. The van der Waals surface area contributed by atoms with Gasteiger partial charge >= 0.3 is 0 Å². The van der Waals surface area contributed by atoms with Gasteiger partial charge in [0, 0.05) is 6.20 Å². The summed E-state index contributed by atoms with van der Waals surface area (Å²) in [5.41, 5.74) is 1.08. The van der Waals surface area contributed by atoms with Crippen LogP contribution in [0.15, 0.2) is 30.5 Å². The predicted molar refractivity (Wildman–Crippen MR) is 34.0 cm³/mol. The highest BCUT2D eigenvalue weighted by Crippen LogP contribution is 1.97. The minimum atomic E-state index is 1.08. The number of fused-ring (bicyclic) bond motifs is 1. The third-order valence-corrected chi connectivity index (χ3v) is 1.23. The first-order valence-corrected chi connectivity index (χ1v) is 2.77. The van der Waals surface area contributed by atoms with E-state index in [0.29, 0.717) is 0 Å². The molecule has 0 N–H and O–H groups in total. The van der Waals surface area contributed by atoms with Gasteiger partial charge in [-0.15, -0.1) is 0 Å². The molecule has 0 aliphatic carbocycles. The van der Waals surface area contributed by atoms with E-state index >= 15 is 0 Å². The first kappa shape index (κ1) is 4.56. The fraction of sp³-hybridized carbons (Fsp3) is 0. The summed E-state index contributed by atoms with van der Waals surface area (Å²) in [7, 11) is 0. The van der Waals surface area contributed by atoms with Crippen molar-refractivity contribution in [2.75, 3.05) is 0 Å². The van der Waals surface area contributed by atoms with Gasteiger partial charge in [-0.2, -0.15) is 5.10 Å². The molecule has 2 nitrogen and oxygen atoms in total. The van der Waals surface area contributed by atoms with Gasteiger partial charge in [0.15, 0.2) is 0 Å². The molecule has 43 valence electrons. The second kappa shape index (κ2) is 1.58. The number of rotatable bonds is 0. The van der Waals surface area contributed by atoms with Crippen LogP contribution in [0.2, 0.25) is 0 Å². The van der Waals surface area contributed by atoms with E-state index in [2.05, 4.69) is 11.3 Å². The Morgan fingerprint density at radius 1 is 1.44 bits per heavy atom. The Balaban J connectivity index is 2.95. The van der Waals surface area contributed by atoms with Crippen LogP contribution in [0.1, 0.15) is 0 Å². The Morgan fingerprint density at radius 3 is 3.33 bits per heavy atom. The SMILES string of the molecule is [c]1ccc2cccnn12. The third-order valence-electron chi connectivity index (χ3n) is 1.23. The van der Waals surface area contributed by atoms with Gasteiger partial charge in [0.05, 0.1) is 11.7 Å². The quantitative estimate of drug-likeness (QED) is 0.505. The number of hydrogen-bond donors (Lipinski definition) is 0. The van der Waals surface area contributed by atoms with Gasteiger partial charge in [0.2, 0.25) is 0 Å². The molecule has 2 heteroatoms. The Bertz CT molecular complexity index is 281. The highest BCUT2D eigenvalue weighted by atomic mass is 15.2. The summed E-state index contributed by atoms with van der Waals surface area (Å²) < 4.78 is 1.71. The van der Waals surface area contributed by atoms with Gasteiger partial charge < -0.3 is 0 Å². The lowest BCUT2D eigenvalue weighted by molar-refractivity contribution is 0.934. The van der Waals surface area contributed by atoms with E-state index in [-0.39, 0.29) is 0 Å². The molecule has 0 spiro atoms. The molecule has 1 radical (unpaired) electrons. The van der Waals surface area contributed by atoms with Crippen molar-refractivity contribution in [2.45, 2.75) is 0 Å². The van der Waals surface area contributed by atoms with E-state index in [4.69, 9.17) is 0 Å². The molecule has 2 aromatic heterocycles. The van der Waals surface area contributed by atoms with E-state index in [1.807, 2.05) is 24.3 Å². The summed E-state index contributed by atoms with van der Waals surface area (Å²) in [4.78, 5) is 0. The number of aromatic nitrogens is 2. The summed E-state index contributed by atoms with van der Waals surface area (Å²) in [6.07, 6.45) is 4.66. The zero-order valence-electron chi connectivity index (χ0n) is 4.78. The first-order valence-electron chi connectivity index (χ1n) is 2.77. The molecule has 2 aromatic rings. The maximum Gasteiger partial charge on any atom is 0.0910 e. The summed E-state index contributed by atoms with van der Waals surface area (Å²) in [5, 5.41) is 4.00. The van der Waals surface area contributed by atoms with Crippen molar-refractivity contribution in [3.8, 4) is 0 Å². The molecular weight excluding hydrogens is 112 g/mol. The van der Waals surface area contributed by atoms with E-state index in [1.165, 1.54) is 0 Å². The highest BCUT2D eigenvalue weighted by molar-refractivity contribution is 5.44. The fourth-order valence-electron chi connectivity index (χ4n) is 0.811. The molecule has 0 aromatic carbocycles. The predicted octanol–water partition coefficient (Wildman–Crippen LogP) is 1.13. The molecule has 2 heterocycles. The molecule has 0 aliphatic rings. The zero-order valence-corrected chi connectivity index (χ0v) is 4.78. The standard InChI is InChI=1S/C7H5N2/c1-3-7-4-2-6-9(7)8-5-1/h1-5H. The first-order chi connectivity index (χ1) is 4.47. The number of hydrogen-bond acceptors (Lipinski definition) is 1. The van der Waals surface area contributed by atoms with Gasteiger partial charge in [0.25, 0.3) is 0 Å². The molecule has 2 rings (SSSR count). The van der Waals surface area contributed by atoms with Gasteiger partial charge in [-0.1, -0.05) is 0 Å². The Kier molecular flexibility index (Phi) is 0.803. The smallest absolute Gasteiger partial charge is 0.0910 e. The van der Waals surface area contributed by atoms with Crippen molar-refractivity contribution in [3.63, 3.8) is 0 Å². The molecule has 0 saturated heterocycles. The molecule has 0 saturated carbocycles. The summed E-state index contributed by atoms with van der Waals surface area (Å²) in [6, 6.07) is 7.71. The molecule has 0 unspecified atom stereocenters. The third kappa shape index (κ3) is 0.598. The Labute approximate surface area is 52.7 Å². The van der Waals surface area contributed by atoms with Crippen molar-refractivity contribution in [2.24, 2.45) is 0 Å². The van der Waals surface area contributed by atoms with E-state index < -0.39 is 0 Å². The van der Waals surface area contributed by atoms with Crippen LogP contribution >= 0.6 is 0 Å². The fourth-order valence-corrected chi connectivity index (χ4v) is 0.811. The average Bonchev–Trinajstić information content (AvgIpc) is 2.33. The van der Waals surface area contributed by atoms with Crippen LogP contribution in [0.4, 0.5) is 0 Å². The van der Waals surface area contributed by atoms with Crippen LogP contribution in [0.3, 0.4) is 0 Å². The molecular formula is C7H5N2. The van der Waals surface area contributed by atoms with Crippen LogP contribution in [-0.4, -0.2) is 9.61 Å². The zero-order chi connectivity index (χ0) is 6.10. The topological polar surface area (TPSA) is 17.3 Å². The Morgan fingerprint density at radius 2 is 2.44 bits per heavy atom. The van der Waals surface area contributed by atoms with Gasteiger partial charge in [-0.3, -0.25) is 0 Å². The summed E-state index contributed by atoms with van der Waals surface area (Å²) >= 11 is 0. The average molecular weight is 117 g/mol. The molecule has 9 heavy (non-hydrogen) atoms. The largest absolute Gasteiger partial charge is 0.232 e. The van der Waals surface area contributed by atoms with Gasteiger partial charge in [-0.25, -0.2) is 4.52 Å². The number of nitrogens with zero attached hydrogens (tertiary/aromatic N) is 2. The maximum atomic E-state index is 4.00. The van der Waals surface area contributed by atoms with E-state index in [0.717, 1.165) is 5.52 Å². The molecule has 0 aliphatic heterocycles. The van der Waals surface area contributed by atoms with Gasteiger partial charge in [0.1, 0.15) is 0 Å². The van der Waals surface area contributed by atoms with E-state index in [1.54, 1.807) is 10.7 Å².